The van der Waals surface area contributed by atoms with Crippen molar-refractivity contribution in [2.45, 2.75) is 36.9 Å². The van der Waals surface area contributed by atoms with Crippen LogP contribution in [0, 0.1) is 0 Å². The van der Waals surface area contributed by atoms with Crippen LogP contribution in [0.1, 0.15) is 25.2 Å². The molecule has 2 rings (SSSR count). The Balaban J connectivity index is 2.15. The number of hydrogen-bond donors (Lipinski definition) is 1. The molecule has 2 aromatic heterocycles. The molecule has 0 aliphatic carbocycles. The van der Waals surface area contributed by atoms with Crippen molar-refractivity contribution in [3.05, 3.63) is 16.4 Å². The second kappa shape index (κ2) is 5.90. The van der Waals surface area contributed by atoms with E-state index in [1.807, 2.05) is 4.68 Å². The Morgan fingerprint density at radius 2 is 2.17 bits per heavy atom. The van der Waals surface area contributed by atoms with Gasteiger partial charge in [-0.15, -0.1) is 10.2 Å². The van der Waals surface area contributed by atoms with Gasteiger partial charge in [0.25, 0.3) is 0 Å². The van der Waals surface area contributed by atoms with E-state index >= 15 is 0 Å². The lowest BCUT2D eigenvalue weighted by molar-refractivity contribution is 0.628. The maximum Gasteiger partial charge on any atom is 0.203 e. The molecule has 98 valence electrons. The normalized spacial score (nSPS) is 11.1. The molecule has 0 unspecified atom stereocenters. The van der Waals surface area contributed by atoms with E-state index in [2.05, 4.69) is 29.1 Å². The number of hydrogen-bond acceptors (Lipinski definition) is 6. The predicted octanol–water partition coefficient (Wildman–Crippen LogP) is 2.84. The van der Waals surface area contributed by atoms with E-state index in [0.717, 1.165) is 39.5 Å². The van der Waals surface area contributed by atoms with Crippen molar-refractivity contribution in [1.82, 2.24) is 20.0 Å². The summed E-state index contributed by atoms with van der Waals surface area (Å²) >= 11 is 9.29. The van der Waals surface area contributed by atoms with Crippen LogP contribution in [0.4, 0.5) is 5.13 Å². The van der Waals surface area contributed by atoms with Crippen molar-refractivity contribution in [1.29, 1.82) is 0 Å². The number of rotatable bonds is 5. The maximum atomic E-state index is 6.33. The highest BCUT2D eigenvalue weighted by Gasteiger charge is 2.15. The molecule has 0 aliphatic rings. The molecule has 0 amide bonds. The Kier molecular flexibility index (Phi) is 4.47. The molecule has 8 heteroatoms. The van der Waals surface area contributed by atoms with Crippen molar-refractivity contribution < 1.29 is 0 Å². The molecule has 18 heavy (non-hydrogen) atoms. The number of anilines is 1. The van der Waals surface area contributed by atoms with E-state index in [-0.39, 0.29) is 0 Å². The zero-order chi connectivity index (χ0) is 13.1. The highest BCUT2D eigenvalue weighted by Crippen LogP contribution is 2.31. The van der Waals surface area contributed by atoms with Crippen LogP contribution in [-0.2, 0) is 18.7 Å². The third-order valence-corrected chi connectivity index (χ3v) is 4.78. The third kappa shape index (κ3) is 2.78. The molecule has 2 heterocycles. The highest BCUT2D eigenvalue weighted by atomic mass is 35.5. The lowest BCUT2D eigenvalue weighted by Crippen LogP contribution is -2.01. The summed E-state index contributed by atoms with van der Waals surface area (Å²) in [6.07, 6.45) is 0.843. The van der Waals surface area contributed by atoms with E-state index < -0.39 is 0 Å². The van der Waals surface area contributed by atoms with Gasteiger partial charge in [0.1, 0.15) is 0 Å². The topological polar surface area (TPSA) is 69.6 Å². The van der Waals surface area contributed by atoms with Gasteiger partial charge >= 0.3 is 0 Å². The molecule has 2 N–H and O–H groups in total. The molecule has 5 nitrogen and oxygen atoms in total. The zero-order valence-corrected chi connectivity index (χ0v) is 12.6. The maximum absolute atomic E-state index is 6.33. The molecule has 0 fully saturated rings. The number of thioether (sulfide) groups is 1. The summed E-state index contributed by atoms with van der Waals surface area (Å²) in [7, 11) is 0. The number of nitrogens with zero attached hydrogens (tertiary/aromatic N) is 4. The van der Waals surface area contributed by atoms with Crippen LogP contribution in [0.3, 0.4) is 0 Å². The smallest absolute Gasteiger partial charge is 0.203 e. The minimum absolute atomic E-state index is 0.488. The minimum Gasteiger partial charge on any atom is -0.374 e. The van der Waals surface area contributed by atoms with Crippen molar-refractivity contribution in [3.8, 4) is 0 Å². The van der Waals surface area contributed by atoms with Gasteiger partial charge in [0.2, 0.25) is 5.13 Å². The number of halogens is 1. The average molecular weight is 304 g/mol. The van der Waals surface area contributed by atoms with E-state index in [1.165, 1.54) is 11.3 Å². The molecule has 2 aromatic rings. The number of aromatic nitrogens is 4. The quantitative estimate of drug-likeness (QED) is 0.860. The first kappa shape index (κ1) is 13.6. The van der Waals surface area contributed by atoms with Crippen LogP contribution >= 0.6 is 34.7 Å². The summed E-state index contributed by atoms with van der Waals surface area (Å²) in [5, 5.41) is 13.5. The highest BCUT2D eigenvalue weighted by molar-refractivity contribution is 8.00. The van der Waals surface area contributed by atoms with Crippen LogP contribution < -0.4 is 5.73 Å². The van der Waals surface area contributed by atoms with Gasteiger partial charge in [-0.3, -0.25) is 4.68 Å². The van der Waals surface area contributed by atoms with Crippen molar-refractivity contribution in [3.63, 3.8) is 0 Å². The summed E-state index contributed by atoms with van der Waals surface area (Å²) in [5.41, 5.74) is 7.53. The molecule has 0 atom stereocenters. The van der Waals surface area contributed by atoms with Crippen LogP contribution in [0.15, 0.2) is 4.34 Å². The van der Waals surface area contributed by atoms with E-state index in [4.69, 9.17) is 17.3 Å². The summed E-state index contributed by atoms with van der Waals surface area (Å²) < 4.78 is 2.80. The monoisotopic (exact) mass is 303 g/mol. The molecule has 0 saturated carbocycles. The predicted molar refractivity (Wildman–Crippen MR) is 76.2 cm³/mol. The number of aryl methyl sites for hydroxylation is 2. The second-order valence-corrected chi connectivity index (χ2v) is 6.18. The van der Waals surface area contributed by atoms with E-state index in [1.54, 1.807) is 11.8 Å². The molecule has 0 aliphatic heterocycles. The Labute approximate surface area is 119 Å². The SMILES string of the molecule is CCc1nn(CC)c(CSc2nnc(N)s2)c1Cl. The van der Waals surface area contributed by atoms with Gasteiger partial charge in [-0.1, -0.05) is 41.6 Å². The van der Waals surface area contributed by atoms with Crippen molar-refractivity contribution in [2.24, 2.45) is 0 Å². The fourth-order valence-electron chi connectivity index (χ4n) is 1.56. The van der Waals surface area contributed by atoms with Crippen LogP contribution in [0.2, 0.25) is 5.02 Å². The number of nitrogen functional groups attached to an aromatic ring is 1. The molecular weight excluding hydrogens is 290 g/mol. The summed E-state index contributed by atoms with van der Waals surface area (Å²) in [6, 6.07) is 0. The fourth-order valence-corrected chi connectivity index (χ4v) is 3.64. The van der Waals surface area contributed by atoms with Gasteiger partial charge in [-0.2, -0.15) is 5.10 Å². The Morgan fingerprint density at radius 1 is 1.39 bits per heavy atom. The average Bonchev–Trinajstić information content (AvgIpc) is 2.91. The zero-order valence-electron chi connectivity index (χ0n) is 10.2. The fraction of sp³-hybridized carbons (Fsp3) is 0.500. The Bertz CT molecular complexity index is 536. The number of nitrogens with two attached hydrogens (primary N) is 1. The first-order valence-electron chi connectivity index (χ1n) is 5.61. The molecule has 0 spiro atoms. The minimum atomic E-state index is 0.488. The summed E-state index contributed by atoms with van der Waals surface area (Å²) in [4.78, 5) is 0. The third-order valence-electron chi connectivity index (χ3n) is 2.45. The van der Waals surface area contributed by atoms with Gasteiger partial charge in [-0.25, -0.2) is 0 Å². The molecular formula is C10H14ClN5S2. The van der Waals surface area contributed by atoms with Crippen molar-refractivity contribution in [2.75, 3.05) is 5.73 Å². The van der Waals surface area contributed by atoms with Gasteiger partial charge in [-0.05, 0) is 13.3 Å². The van der Waals surface area contributed by atoms with Gasteiger partial charge < -0.3 is 5.73 Å². The summed E-state index contributed by atoms with van der Waals surface area (Å²) in [5.74, 6) is 0.730. The van der Waals surface area contributed by atoms with Crippen molar-refractivity contribution >= 4 is 39.8 Å². The summed E-state index contributed by atoms with van der Waals surface area (Å²) in [6.45, 7) is 4.92. The standard InChI is InChI=1S/C10H14ClN5S2/c1-3-6-8(11)7(16(4-2)15-6)5-17-10-14-13-9(12)18-10/h3-5H2,1-2H3,(H2,12,13). The largest absolute Gasteiger partial charge is 0.374 e. The van der Waals surface area contributed by atoms with Crippen LogP contribution in [0.5, 0.6) is 0 Å². The Morgan fingerprint density at radius 3 is 2.72 bits per heavy atom. The van der Waals surface area contributed by atoms with Crippen LogP contribution in [-0.4, -0.2) is 20.0 Å². The molecule has 0 bridgehead atoms. The molecule has 0 saturated heterocycles. The lowest BCUT2D eigenvalue weighted by Gasteiger charge is -2.03. The first-order valence-corrected chi connectivity index (χ1v) is 7.79. The van der Waals surface area contributed by atoms with Gasteiger partial charge in [0, 0.05) is 12.3 Å². The van der Waals surface area contributed by atoms with E-state index in [0.29, 0.717) is 5.13 Å². The van der Waals surface area contributed by atoms with Gasteiger partial charge in [0.05, 0.1) is 16.4 Å². The van der Waals surface area contributed by atoms with Gasteiger partial charge in [0.15, 0.2) is 4.34 Å². The lowest BCUT2D eigenvalue weighted by atomic mass is 10.3. The first-order chi connectivity index (χ1) is 8.65. The molecule has 0 aromatic carbocycles. The second-order valence-electron chi connectivity index (χ2n) is 3.57. The molecule has 0 radical (unpaired) electrons. The Hall–Kier alpha value is -0.790. The van der Waals surface area contributed by atoms with E-state index in [9.17, 15) is 0 Å². The van der Waals surface area contributed by atoms with Crippen LogP contribution in [0.25, 0.3) is 0 Å².